The minimum atomic E-state index is -6.71. The van der Waals surface area contributed by atoms with Gasteiger partial charge in [-0.15, -0.1) is 0 Å². The molecule has 0 heterocycles. The maximum Gasteiger partial charge on any atom is 0.473 e. The van der Waals surface area contributed by atoms with E-state index in [1.807, 2.05) is 6.58 Å². The van der Waals surface area contributed by atoms with E-state index >= 15 is 0 Å². The van der Waals surface area contributed by atoms with E-state index in [4.69, 9.17) is 0 Å². The van der Waals surface area contributed by atoms with Crippen molar-refractivity contribution in [3.8, 4) is 0 Å². The topological polar surface area (TPSA) is 27.7 Å². The summed E-state index contributed by atoms with van der Waals surface area (Å²) in [6.45, 7) is -0.863. The maximum absolute atomic E-state index is 13.1. The third-order valence-electron chi connectivity index (χ3n) is 1.41. The van der Waals surface area contributed by atoms with Gasteiger partial charge in [0.2, 0.25) is 0 Å². The first kappa shape index (κ1) is 18.8. The fraction of sp³-hybridized carbons (Fsp3) is 0.714. The minimum Gasteiger partial charge on any atom is -0.402 e. The zero-order valence-electron chi connectivity index (χ0n) is 8.92. The maximum atomic E-state index is 13.1. The average Bonchev–Trinajstić information content (AvgIpc) is 2.22. The number of rotatable bonds is 7. The predicted octanol–water partition coefficient (Wildman–Crippen LogP) is 3.78. The van der Waals surface area contributed by atoms with Crippen LogP contribution >= 0.6 is 0 Å². The monoisotopic (exact) mass is 326 g/mol. The first-order chi connectivity index (χ1) is 8.68. The Morgan fingerprint density at radius 3 is 1.65 bits per heavy atom. The quantitative estimate of drug-likeness (QED) is 0.308. The van der Waals surface area contributed by atoms with E-state index in [0.29, 0.717) is 0 Å². The van der Waals surface area contributed by atoms with E-state index in [1.165, 1.54) is 0 Å². The van der Waals surface area contributed by atoms with Crippen LogP contribution in [0, 0.1) is 0 Å². The lowest BCUT2D eigenvalue weighted by Gasteiger charge is -2.32. The van der Waals surface area contributed by atoms with Gasteiger partial charge in [0.25, 0.3) is 6.01 Å². The number of alkyl halides is 9. The molecule has 0 aromatic rings. The Morgan fingerprint density at radius 1 is 0.900 bits per heavy atom. The van der Waals surface area contributed by atoms with E-state index in [1.54, 1.807) is 0 Å². The molecular weight excluding hydrogens is 322 g/mol. The van der Waals surface area contributed by atoms with Crippen LogP contribution in [0.5, 0.6) is 0 Å². The lowest BCUT2D eigenvalue weighted by molar-refractivity contribution is -0.575. The summed E-state index contributed by atoms with van der Waals surface area (Å²) in [7, 11) is 0. The van der Waals surface area contributed by atoms with Crippen LogP contribution in [0.15, 0.2) is 12.6 Å². The molecule has 0 fully saturated rings. The second-order valence-electron chi connectivity index (χ2n) is 3.00. The van der Waals surface area contributed by atoms with Crippen molar-refractivity contribution in [3.63, 3.8) is 0 Å². The van der Waals surface area contributed by atoms with Crippen LogP contribution in [0.2, 0.25) is 0 Å². The van der Waals surface area contributed by atoms with Crippen LogP contribution in [-0.2, 0) is 14.5 Å². The number of ether oxygens (including phenoxy) is 1. The Morgan fingerprint density at radius 2 is 1.35 bits per heavy atom. The average molecular weight is 326 g/mol. The molecule has 0 saturated carbocycles. The van der Waals surface area contributed by atoms with Gasteiger partial charge < -0.3 is 4.74 Å². The molecule has 1 atom stereocenters. The van der Waals surface area contributed by atoms with Crippen molar-refractivity contribution in [2.24, 2.45) is 0 Å². The van der Waals surface area contributed by atoms with Gasteiger partial charge in [0.15, 0.2) is 6.67 Å². The molecule has 0 aromatic heterocycles. The number of halogens is 10. The highest BCUT2D eigenvalue weighted by molar-refractivity contribution is 4.88. The molecular formula is C7H4F10O3. The molecule has 0 saturated heterocycles. The summed E-state index contributed by atoms with van der Waals surface area (Å²) in [5.74, 6) is -6.35. The van der Waals surface area contributed by atoms with Crippen molar-refractivity contribution >= 4 is 0 Å². The van der Waals surface area contributed by atoms with E-state index in [0.717, 1.165) is 0 Å². The summed E-state index contributed by atoms with van der Waals surface area (Å²) < 4.78 is 125. The van der Waals surface area contributed by atoms with Gasteiger partial charge in [0.1, 0.15) is 0 Å². The van der Waals surface area contributed by atoms with Gasteiger partial charge in [-0.1, -0.05) is 0 Å². The molecule has 0 aliphatic rings. The Kier molecular flexibility index (Phi) is 5.28. The van der Waals surface area contributed by atoms with Gasteiger partial charge in [-0.2, -0.15) is 49.3 Å². The molecule has 20 heavy (non-hydrogen) atoms. The highest BCUT2D eigenvalue weighted by Gasteiger charge is 2.78. The highest BCUT2D eigenvalue weighted by Crippen LogP contribution is 2.48. The van der Waals surface area contributed by atoms with E-state index in [-0.39, 0.29) is 0 Å². The third-order valence-corrected chi connectivity index (χ3v) is 1.41. The van der Waals surface area contributed by atoms with Crippen molar-refractivity contribution in [2.45, 2.75) is 24.2 Å². The van der Waals surface area contributed by atoms with Crippen LogP contribution in [-0.4, -0.2) is 30.9 Å². The molecule has 120 valence electrons. The van der Waals surface area contributed by atoms with Crippen LogP contribution < -0.4 is 0 Å². The largest absolute Gasteiger partial charge is 0.473 e. The Balaban J connectivity index is 5.38. The molecule has 13 heteroatoms. The molecule has 0 aliphatic carbocycles. The predicted molar refractivity (Wildman–Crippen MR) is 39.3 cm³/mol. The van der Waals surface area contributed by atoms with Crippen molar-refractivity contribution in [1.29, 1.82) is 0 Å². The fourth-order valence-electron chi connectivity index (χ4n) is 0.606. The lowest BCUT2D eigenvalue weighted by Crippen LogP contribution is -2.59. The summed E-state index contributed by atoms with van der Waals surface area (Å²) >= 11 is 0. The first-order valence-corrected chi connectivity index (χ1v) is 4.16. The van der Waals surface area contributed by atoms with Gasteiger partial charge in [0.05, 0.1) is 0 Å². The van der Waals surface area contributed by atoms with E-state index < -0.39 is 36.9 Å². The van der Waals surface area contributed by atoms with Gasteiger partial charge in [-0.05, 0) is 6.58 Å². The second-order valence-corrected chi connectivity index (χ2v) is 3.00. The molecule has 1 unspecified atom stereocenters. The second kappa shape index (κ2) is 5.63. The van der Waals surface area contributed by atoms with Crippen LogP contribution in [0.3, 0.4) is 0 Å². The van der Waals surface area contributed by atoms with Gasteiger partial charge >= 0.3 is 24.2 Å². The molecule has 0 aromatic carbocycles. The van der Waals surface area contributed by atoms with Crippen molar-refractivity contribution in [1.82, 2.24) is 0 Å². The van der Waals surface area contributed by atoms with Crippen LogP contribution in [0.25, 0.3) is 0 Å². The van der Waals surface area contributed by atoms with Gasteiger partial charge in [-0.25, -0.2) is 4.39 Å². The highest BCUT2D eigenvalue weighted by atomic mass is 19.4. The third kappa shape index (κ3) is 4.13. The molecule has 0 bridgehead atoms. The zero-order valence-corrected chi connectivity index (χ0v) is 8.92. The standard InChI is InChI=1S/C7H4F10O3/c1-3(9)18-7(16,17)5(12,6(13,14)15)20-19-4(10,11)2-8/h1-2H2. The number of hydrogen-bond donors (Lipinski definition) is 0. The molecule has 0 rings (SSSR count). The first-order valence-electron chi connectivity index (χ1n) is 4.16. The van der Waals surface area contributed by atoms with Crippen LogP contribution in [0.4, 0.5) is 43.9 Å². The molecule has 0 amide bonds. The Bertz CT molecular complexity index is 353. The normalized spacial score (nSPS) is 16.7. The Hall–Kier alpha value is -1.24. The summed E-state index contributed by atoms with van der Waals surface area (Å²) in [6.07, 6.45) is -18.1. The number of hydrogen-bond acceptors (Lipinski definition) is 3. The minimum absolute atomic E-state index is 1.95. The molecule has 3 nitrogen and oxygen atoms in total. The zero-order chi connectivity index (χ0) is 16.4. The molecule has 0 radical (unpaired) electrons. The SMILES string of the molecule is C=C(F)OC(F)(F)C(F)(OOC(F)(F)CF)C(F)(F)F. The lowest BCUT2D eigenvalue weighted by atomic mass is 10.3. The van der Waals surface area contributed by atoms with Crippen LogP contribution in [0.1, 0.15) is 0 Å². The van der Waals surface area contributed by atoms with Crippen molar-refractivity contribution in [3.05, 3.63) is 12.6 Å². The summed E-state index contributed by atoms with van der Waals surface area (Å²) in [6, 6.07) is -2.58. The van der Waals surface area contributed by atoms with Gasteiger partial charge in [-0.3, -0.25) is 0 Å². The van der Waals surface area contributed by atoms with Crippen molar-refractivity contribution < 1.29 is 58.4 Å². The summed E-state index contributed by atoms with van der Waals surface area (Å²) in [5, 5.41) is 0. The van der Waals surface area contributed by atoms with E-state index in [9.17, 15) is 43.9 Å². The Labute approximate surface area is 103 Å². The fourth-order valence-corrected chi connectivity index (χ4v) is 0.606. The molecule has 0 spiro atoms. The smallest absolute Gasteiger partial charge is 0.402 e. The summed E-state index contributed by atoms with van der Waals surface area (Å²) in [4.78, 5) is 4.57. The van der Waals surface area contributed by atoms with Gasteiger partial charge in [0, 0.05) is 0 Å². The van der Waals surface area contributed by atoms with Crippen molar-refractivity contribution in [2.75, 3.05) is 6.67 Å². The molecule has 0 N–H and O–H groups in total. The summed E-state index contributed by atoms with van der Waals surface area (Å²) in [5.41, 5.74) is 0. The molecule has 0 aliphatic heterocycles. The van der Waals surface area contributed by atoms with E-state index in [2.05, 4.69) is 14.5 Å².